The summed E-state index contributed by atoms with van der Waals surface area (Å²) in [5, 5.41) is 30.0. The monoisotopic (exact) mass is 324 g/mol. The first-order valence-electron chi connectivity index (χ1n) is 6.69. The number of phenolic OH excluding ortho intramolecular Hbond substituents is 2. The minimum absolute atomic E-state index is 0.0670. The Balaban J connectivity index is 1.85. The molecule has 0 saturated carbocycles. The lowest BCUT2D eigenvalue weighted by Crippen LogP contribution is -1.82. The minimum Gasteiger partial charge on any atom is -0.507 e. The number of hydrogen-bond acceptors (Lipinski definition) is 7. The number of rotatable bonds is 4. The summed E-state index contributed by atoms with van der Waals surface area (Å²) < 4.78 is 0. The molecule has 3 rings (SSSR count). The zero-order valence-corrected chi connectivity index (χ0v) is 12.7. The number of hydrogen-bond donors (Lipinski definition) is 2. The van der Waals surface area contributed by atoms with E-state index in [0.717, 1.165) is 0 Å². The molecule has 23 heavy (non-hydrogen) atoms. The maximum absolute atomic E-state index is 9.90. The number of benzene rings is 2. The van der Waals surface area contributed by atoms with E-state index in [-0.39, 0.29) is 11.5 Å². The number of nitrogens with zero attached hydrogens (tertiary/aromatic N) is 4. The van der Waals surface area contributed by atoms with Crippen LogP contribution in [0.25, 0.3) is 0 Å². The van der Waals surface area contributed by atoms with Crippen molar-refractivity contribution in [1.82, 2.24) is 4.98 Å². The highest BCUT2D eigenvalue weighted by molar-refractivity contribution is 7.13. The summed E-state index contributed by atoms with van der Waals surface area (Å²) in [6, 6.07) is 11.5. The topological polar surface area (TPSA) is 90.4 Å². The third kappa shape index (κ3) is 3.78. The van der Waals surface area contributed by atoms with E-state index in [0.29, 0.717) is 22.1 Å². The summed E-state index contributed by atoms with van der Waals surface area (Å²) in [4.78, 5) is 8.18. The molecule has 0 aliphatic heterocycles. The quantitative estimate of drug-likeness (QED) is 0.537. The van der Waals surface area contributed by atoms with E-state index in [4.69, 9.17) is 0 Å². The normalized spacial score (nSPS) is 11.5. The van der Waals surface area contributed by atoms with E-state index in [1.807, 2.05) is 5.38 Å². The zero-order chi connectivity index (χ0) is 16.1. The van der Waals surface area contributed by atoms with Gasteiger partial charge in [-0.2, -0.15) is 0 Å². The molecule has 114 valence electrons. The number of thiazole rings is 1. The van der Waals surface area contributed by atoms with Crippen LogP contribution in [0, 0.1) is 0 Å². The van der Waals surface area contributed by atoms with Crippen molar-refractivity contribution in [2.45, 2.75) is 0 Å². The van der Waals surface area contributed by atoms with Crippen molar-refractivity contribution in [3.05, 3.63) is 59.6 Å². The first-order chi connectivity index (χ1) is 11.2. The van der Waals surface area contributed by atoms with Gasteiger partial charge in [-0.3, -0.25) is 4.99 Å². The fraction of sp³-hybridized carbons (Fsp3) is 0. The largest absolute Gasteiger partial charge is 0.507 e. The molecule has 0 saturated heterocycles. The molecule has 0 fully saturated rings. The van der Waals surface area contributed by atoms with E-state index in [1.54, 1.807) is 42.6 Å². The third-order valence-electron chi connectivity index (χ3n) is 2.91. The van der Waals surface area contributed by atoms with Gasteiger partial charge in [0.05, 0.1) is 5.69 Å². The van der Waals surface area contributed by atoms with Crippen LogP contribution in [0.1, 0.15) is 5.56 Å². The second-order valence-electron chi connectivity index (χ2n) is 4.50. The summed E-state index contributed by atoms with van der Waals surface area (Å²) in [5.74, 6) is 0.139. The molecule has 0 unspecified atom stereocenters. The number of azo groups is 1. The zero-order valence-electron chi connectivity index (χ0n) is 11.9. The van der Waals surface area contributed by atoms with Gasteiger partial charge in [-0.05, 0) is 30.3 Å². The average Bonchev–Trinajstić information content (AvgIpc) is 3.07. The predicted octanol–water partition coefficient (Wildman–Crippen LogP) is 4.72. The van der Waals surface area contributed by atoms with Crippen molar-refractivity contribution in [1.29, 1.82) is 0 Å². The van der Waals surface area contributed by atoms with Crippen molar-refractivity contribution in [3.63, 3.8) is 0 Å². The first kappa shape index (κ1) is 14.9. The Morgan fingerprint density at radius 2 is 1.87 bits per heavy atom. The number of para-hydroxylation sites is 2. The van der Waals surface area contributed by atoms with E-state index in [1.165, 1.54) is 23.6 Å². The number of aliphatic imine (C=N–C) groups is 1. The van der Waals surface area contributed by atoms with Crippen molar-refractivity contribution in [2.75, 3.05) is 0 Å². The molecule has 0 radical (unpaired) electrons. The second-order valence-corrected chi connectivity index (χ2v) is 5.38. The van der Waals surface area contributed by atoms with Gasteiger partial charge in [-0.25, -0.2) is 4.98 Å². The summed E-state index contributed by atoms with van der Waals surface area (Å²) in [6.07, 6.45) is 3.12. The van der Waals surface area contributed by atoms with Gasteiger partial charge < -0.3 is 10.2 Å². The van der Waals surface area contributed by atoms with Crippen molar-refractivity contribution in [2.24, 2.45) is 15.2 Å². The number of phenols is 2. The highest BCUT2D eigenvalue weighted by Gasteiger charge is 2.02. The van der Waals surface area contributed by atoms with Crippen molar-refractivity contribution in [3.8, 4) is 11.5 Å². The Morgan fingerprint density at radius 1 is 1.00 bits per heavy atom. The van der Waals surface area contributed by atoms with Gasteiger partial charge in [-0.15, -0.1) is 21.6 Å². The van der Waals surface area contributed by atoms with Crippen LogP contribution < -0.4 is 0 Å². The van der Waals surface area contributed by atoms with Crippen LogP contribution in [0.4, 0.5) is 16.5 Å². The smallest absolute Gasteiger partial charge is 0.229 e. The molecule has 1 heterocycles. The van der Waals surface area contributed by atoms with Gasteiger partial charge in [0.15, 0.2) is 0 Å². The van der Waals surface area contributed by atoms with Crippen LogP contribution in [-0.2, 0) is 0 Å². The van der Waals surface area contributed by atoms with Crippen LogP contribution in [0.2, 0.25) is 0 Å². The molecule has 0 atom stereocenters. The summed E-state index contributed by atoms with van der Waals surface area (Å²) >= 11 is 1.38. The van der Waals surface area contributed by atoms with Gasteiger partial charge in [0.2, 0.25) is 5.13 Å². The molecular formula is C16H12N4O2S. The van der Waals surface area contributed by atoms with E-state index in [2.05, 4.69) is 20.2 Å². The highest BCUT2D eigenvalue weighted by atomic mass is 32.1. The van der Waals surface area contributed by atoms with E-state index >= 15 is 0 Å². The maximum atomic E-state index is 9.90. The summed E-state index contributed by atoms with van der Waals surface area (Å²) in [6.45, 7) is 0. The van der Waals surface area contributed by atoms with Crippen LogP contribution in [0.3, 0.4) is 0 Å². The Labute approximate surface area is 136 Å². The average molecular weight is 324 g/mol. The number of aromatic nitrogens is 1. The highest BCUT2D eigenvalue weighted by Crippen LogP contribution is 2.27. The SMILES string of the molecule is Oc1ccc(N=Nc2nccs2)cc1C=Nc1ccccc1O. The molecule has 2 aromatic carbocycles. The van der Waals surface area contributed by atoms with Gasteiger partial charge in [0, 0.05) is 23.4 Å². The van der Waals surface area contributed by atoms with Gasteiger partial charge in [0.1, 0.15) is 17.2 Å². The summed E-state index contributed by atoms with van der Waals surface area (Å²) in [5.41, 5.74) is 1.46. The lowest BCUT2D eigenvalue weighted by molar-refractivity contribution is 0.474. The third-order valence-corrected chi connectivity index (χ3v) is 3.56. The Bertz CT molecular complexity index is 860. The predicted molar refractivity (Wildman–Crippen MR) is 89.8 cm³/mol. The van der Waals surface area contributed by atoms with Gasteiger partial charge >= 0.3 is 0 Å². The lowest BCUT2D eigenvalue weighted by atomic mass is 10.2. The van der Waals surface area contributed by atoms with Crippen LogP contribution >= 0.6 is 11.3 Å². The number of aromatic hydroxyl groups is 2. The fourth-order valence-electron chi connectivity index (χ4n) is 1.79. The molecule has 0 aliphatic rings. The maximum Gasteiger partial charge on any atom is 0.229 e. The first-order valence-corrected chi connectivity index (χ1v) is 7.56. The molecule has 2 N–H and O–H groups in total. The molecule has 1 aromatic heterocycles. The Kier molecular flexibility index (Phi) is 4.39. The molecule has 0 amide bonds. The molecule has 3 aromatic rings. The van der Waals surface area contributed by atoms with Crippen molar-refractivity contribution < 1.29 is 10.2 Å². The standard InChI is InChI=1S/C16H12N4O2S/c21-14-6-5-12(19-20-16-17-7-8-23-16)9-11(14)10-18-13-3-1-2-4-15(13)22/h1-10,21-22H. The second kappa shape index (κ2) is 6.80. The molecule has 7 heteroatoms. The summed E-state index contributed by atoms with van der Waals surface area (Å²) in [7, 11) is 0. The molecular weight excluding hydrogens is 312 g/mol. The minimum atomic E-state index is 0.0670. The van der Waals surface area contributed by atoms with Crippen LogP contribution in [0.5, 0.6) is 11.5 Å². The van der Waals surface area contributed by atoms with E-state index in [9.17, 15) is 10.2 Å². The Morgan fingerprint density at radius 3 is 2.65 bits per heavy atom. The van der Waals surface area contributed by atoms with Gasteiger partial charge in [0.25, 0.3) is 0 Å². The molecule has 0 bridgehead atoms. The van der Waals surface area contributed by atoms with Crippen LogP contribution in [0.15, 0.2) is 69.3 Å². The molecule has 0 aliphatic carbocycles. The fourth-order valence-corrected chi connectivity index (χ4v) is 2.24. The molecule has 6 nitrogen and oxygen atoms in total. The molecule has 0 spiro atoms. The van der Waals surface area contributed by atoms with E-state index < -0.39 is 0 Å². The van der Waals surface area contributed by atoms with Crippen LogP contribution in [-0.4, -0.2) is 21.4 Å². The van der Waals surface area contributed by atoms with Crippen molar-refractivity contribution >= 4 is 34.1 Å². The Hall–Kier alpha value is -3.06. The lowest BCUT2D eigenvalue weighted by Gasteiger charge is -2.01. The van der Waals surface area contributed by atoms with Gasteiger partial charge in [-0.1, -0.05) is 12.1 Å².